The Morgan fingerprint density at radius 3 is 2.75 bits per heavy atom. The van der Waals surface area contributed by atoms with Crippen molar-refractivity contribution in [2.24, 2.45) is 5.92 Å². The summed E-state index contributed by atoms with van der Waals surface area (Å²) in [6.07, 6.45) is 1.95. The Balaban J connectivity index is 2.00. The fraction of sp³-hybridized carbons (Fsp3) is 0.375. The van der Waals surface area contributed by atoms with Crippen LogP contribution in [-0.2, 0) is 11.3 Å². The van der Waals surface area contributed by atoms with Crippen LogP contribution in [0.4, 0.5) is 0 Å². The third kappa shape index (κ3) is 2.46. The van der Waals surface area contributed by atoms with E-state index in [1.165, 1.54) is 6.07 Å². The lowest BCUT2D eigenvalue weighted by Crippen LogP contribution is -2.24. The number of hydrogen-bond acceptors (Lipinski definition) is 3. The molecular weight excluding hydrogens is 254 g/mol. The van der Waals surface area contributed by atoms with E-state index >= 15 is 0 Å². The summed E-state index contributed by atoms with van der Waals surface area (Å²) in [5.74, 6) is 0.251. The Morgan fingerprint density at radius 2 is 2.05 bits per heavy atom. The second kappa shape index (κ2) is 4.78. The lowest BCUT2D eigenvalue weighted by Gasteiger charge is -2.09. The molecule has 1 saturated carbocycles. The Bertz CT molecular complexity index is 741. The van der Waals surface area contributed by atoms with Crippen molar-refractivity contribution in [1.82, 2.24) is 5.32 Å². The molecule has 20 heavy (non-hydrogen) atoms. The number of fused-ring (bicyclic) bond motifs is 1. The standard InChI is InChI=1S/C16H17NO3/c1-9-5-10(2)15-13(6-9)12(7-14(18)20-15)8-17-16(19)11-3-4-11/h5-7,11H,3-4,8H2,1-2H3,(H,17,19). The molecule has 1 aromatic carbocycles. The minimum absolute atomic E-state index is 0.0794. The largest absolute Gasteiger partial charge is 0.422 e. The SMILES string of the molecule is Cc1cc(C)c2oc(=O)cc(CNC(=O)C3CC3)c2c1. The smallest absolute Gasteiger partial charge is 0.336 e. The van der Waals surface area contributed by atoms with Gasteiger partial charge in [0, 0.05) is 23.9 Å². The van der Waals surface area contributed by atoms with Crippen LogP contribution in [0.1, 0.15) is 29.5 Å². The highest BCUT2D eigenvalue weighted by molar-refractivity contribution is 5.85. The molecule has 1 heterocycles. The Morgan fingerprint density at radius 1 is 1.30 bits per heavy atom. The molecule has 0 radical (unpaired) electrons. The van der Waals surface area contributed by atoms with Crippen LogP contribution in [0.5, 0.6) is 0 Å². The van der Waals surface area contributed by atoms with Gasteiger partial charge in [-0.2, -0.15) is 0 Å². The topological polar surface area (TPSA) is 59.3 Å². The second-order valence-electron chi connectivity index (χ2n) is 5.54. The summed E-state index contributed by atoms with van der Waals surface area (Å²) in [7, 11) is 0. The third-order valence-electron chi connectivity index (χ3n) is 3.66. The van der Waals surface area contributed by atoms with E-state index in [1.54, 1.807) is 0 Å². The van der Waals surface area contributed by atoms with Gasteiger partial charge in [-0.1, -0.05) is 6.07 Å². The first kappa shape index (κ1) is 12.9. The van der Waals surface area contributed by atoms with E-state index in [1.807, 2.05) is 26.0 Å². The molecule has 0 spiro atoms. The number of amides is 1. The van der Waals surface area contributed by atoms with Gasteiger partial charge in [-0.05, 0) is 49.4 Å². The zero-order chi connectivity index (χ0) is 14.3. The molecule has 2 aromatic rings. The molecule has 4 nitrogen and oxygen atoms in total. The van der Waals surface area contributed by atoms with Crippen molar-refractivity contribution in [3.63, 3.8) is 0 Å². The molecule has 1 aliphatic rings. The maximum absolute atomic E-state index is 11.7. The Kier molecular flexibility index (Phi) is 3.08. The van der Waals surface area contributed by atoms with Gasteiger partial charge >= 0.3 is 5.63 Å². The lowest BCUT2D eigenvalue weighted by atomic mass is 10.0. The predicted molar refractivity (Wildman–Crippen MR) is 76.5 cm³/mol. The average molecular weight is 271 g/mol. The molecule has 104 valence electrons. The van der Waals surface area contributed by atoms with Crippen LogP contribution < -0.4 is 10.9 Å². The van der Waals surface area contributed by atoms with Crippen molar-refractivity contribution in [1.29, 1.82) is 0 Å². The first-order chi connectivity index (χ1) is 9.54. The van der Waals surface area contributed by atoms with Gasteiger partial charge in [-0.3, -0.25) is 4.79 Å². The van der Waals surface area contributed by atoms with Crippen LogP contribution in [0, 0.1) is 19.8 Å². The molecule has 0 aliphatic heterocycles. The molecule has 4 heteroatoms. The summed E-state index contributed by atoms with van der Waals surface area (Å²) in [5.41, 5.74) is 3.10. The fourth-order valence-electron chi connectivity index (χ4n) is 2.50. The van der Waals surface area contributed by atoms with Gasteiger partial charge < -0.3 is 9.73 Å². The quantitative estimate of drug-likeness (QED) is 0.872. The van der Waals surface area contributed by atoms with Gasteiger partial charge in [0.2, 0.25) is 5.91 Å². The predicted octanol–water partition coefficient (Wildman–Crippen LogP) is 2.44. The van der Waals surface area contributed by atoms with E-state index in [4.69, 9.17) is 4.42 Å². The van der Waals surface area contributed by atoms with Gasteiger partial charge in [0.15, 0.2) is 0 Å². The monoisotopic (exact) mass is 271 g/mol. The molecule has 1 aliphatic carbocycles. The first-order valence-corrected chi connectivity index (χ1v) is 6.86. The molecule has 3 rings (SSSR count). The number of benzene rings is 1. The fourth-order valence-corrected chi connectivity index (χ4v) is 2.50. The van der Waals surface area contributed by atoms with Gasteiger partial charge in [0.1, 0.15) is 5.58 Å². The number of carbonyl (C=O) groups excluding carboxylic acids is 1. The molecule has 1 N–H and O–H groups in total. The average Bonchev–Trinajstić information content (AvgIpc) is 3.21. The Labute approximate surface area is 116 Å². The summed E-state index contributed by atoms with van der Waals surface area (Å²) >= 11 is 0. The Hall–Kier alpha value is -2.10. The molecule has 1 aromatic heterocycles. The number of hydrogen-bond donors (Lipinski definition) is 1. The maximum atomic E-state index is 11.7. The number of rotatable bonds is 3. The van der Waals surface area contributed by atoms with Crippen LogP contribution in [0.15, 0.2) is 27.4 Å². The number of aryl methyl sites for hydroxylation is 2. The highest BCUT2D eigenvalue weighted by Crippen LogP contribution is 2.29. The lowest BCUT2D eigenvalue weighted by molar-refractivity contribution is -0.122. The van der Waals surface area contributed by atoms with Gasteiger partial charge in [-0.15, -0.1) is 0 Å². The van der Waals surface area contributed by atoms with Crippen molar-refractivity contribution in [2.75, 3.05) is 0 Å². The molecule has 0 atom stereocenters. The molecule has 1 fully saturated rings. The number of carbonyl (C=O) groups is 1. The van der Waals surface area contributed by atoms with Crippen LogP contribution in [0.2, 0.25) is 0 Å². The van der Waals surface area contributed by atoms with Crippen molar-refractivity contribution in [3.8, 4) is 0 Å². The zero-order valence-corrected chi connectivity index (χ0v) is 11.7. The van der Waals surface area contributed by atoms with Crippen molar-refractivity contribution in [2.45, 2.75) is 33.2 Å². The minimum atomic E-state index is -0.375. The van der Waals surface area contributed by atoms with Crippen LogP contribution in [0.3, 0.4) is 0 Å². The summed E-state index contributed by atoms with van der Waals surface area (Å²) in [5, 5.41) is 3.80. The van der Waals surface area contributed by atoms with Crippen LogP contribution >= 0.6 is 0 Å². The van der Waals surface area contributed by atoms with E-state index in [0.29, 0.717) is 12.1 Å². The van der Waals surface area contributed by atoms with Crippen molar-refractivity contribution in [3.05, 3.63) is 45.3 Å². The molecule has 0 unspecified atom stereocenters. The van der Waals surface area contributed by atoms with Gasteiger partial charge in [0.25, 0.3) is 0 Å². The van der Waals surface area contributed by atoms with Gasteiger partial charge in [0.05, 0.1) is 0 Å². The molecule has 0 bridgehead atoms. The second-order valence-corrected chi connectivity index (χ2v) is 5.54. The van der Waals surface area contributed by atoms with E-state index < -0.39 is 0 Å². The van der Waals surface area contributed by atoms with E-state index in [-0.39, 0.29) is 17.5 Å². The summed E-state index contributed by atoms with van der Waals surface area (Å²) < 4.78 is 5.29. The zero-order valence-electron chi connectivity index (χ0n) is 11.7. The first-order valence-electron chi connectivity index (χ1n) is 6.86. The summed E-state index contributed by atoms with van der Waals surface area (Å²) in [4.78, 5) is 23.4. The number of nitrogens with one attached hydrogen (secondary N) is 1. The summed E-state index contributed by atoms with van der Waals surface area (Å²) in [6, 6.07) is 5.44. The highest BCUT2D eigenvalue weighted by Gasteiger charge is 2.29. The highest BCUT2D eigenvalue weighted by atomic mass is 16.4. The third-order valence-corrected chi connectivity index (χ3v) is 3.66. The molecule has 1 amide bonds. The van der Waals surface area contributed by atoms with E-state index in [2.05, 4.69) is 5.32 Å². The van der Waals surface area contributed by atoms with Crippen LogP contribution in [-0.4, -0.2) is 5.91 Å². The summed E-state index contributed by atoms with van der Waals surface area (Å²) in [6.45, 7) is 4.30. The molecular formula is C16H17NO3. The minimum Gasteiger partial charge on any atom is -0.422 e. The van der Waals surface area contributed by atoms with Crippen molar-refractivity contribution >= 4 is 16.9 Å². The van der Waals surface area contributed by atoms with E-state index in [9.17, 15) is 9.59 Å². The molecule has 0 saturated heterocycles. The van der Waals surface area contributed by atoms with Crippen LogP contribution in [0.25, 0.3) is 11.0 Å². The van der Waals surface area contributed by atoms with Gasteiger partial charge in [-0.25, -0.2) is 4.79 Å². The maximum Gasteiger partial charge on any atom is 0.336 e. The van der Waals surface area contributed by atoms with Crippen molar-refractivity contribution < 1.29 is 9.21 Å². The normalized spacial score (nSPS) is 14.5. The van der Waals surface area contributed by atoms with E-state index in [0.717, 1.165) is 34.9 Å².